The van der Waals surface area contributed by atoms with Crippen LogP contribution in [0.3, 0.4) is 0 Å². The van der Waals surface area contributed by atoms with Crippen LogP contribution in [-0.2, 0) is 0 Å². The largest absolute Gasteiger partial charge is 0.368 e. The fourth-order valence-corrected chi connectivity index (χ4v) is 5.27. The van der Waals surface area contributed by atoms with E-state index >= 15 is 0 Å². The molecule has 0 aliphatic carbocycles. The zero-order chi connectivity index (χ0) is 19.5. The van der Waals surface area contributed by atoms with Crippen LogP contribution in [-0.4, -0.2) is 56.5 Å². The number of para-hydroxylation sites is 1. The molecular formula is C23H28ClN3S. The number of nitrogens with zero attached hydrogens (tertiary/aromatic N) is 3. The van der Waals surface area contributed by atoms with E-state index in [1.54, 1.807) is 0 Å². The third-order valence-corrected chi connectivity index (χ3v) is 6.82. The number of benzene rings is 2. The first-order chi connectivity index (χ1) is 13.6. The summed E-state index contributed by atoms with van der Waals surface area (Å²) < 4.78 is 0. The Labute approximate surface area is 178 Å². The second-order valence-corrected chi connectivity index (χ2v) is 9.75. The van der Waals surface area contributed by atoms with Crippen LogP contribution in [0.5, 0.6) is 0 Å². The highest BCUT2D eigenvalue weighted by Crippen LogP contribution is 2.35. The van der Waals surface area contributed by atoms with E-state index in [0.29, 0.717) is 5.25 Å². The molecule has 2 heterocycles. The van der Waals surface area contributed by atoms with Crippen LogP contribution in [0.15, 0.2) is 53.4 Å². The summed E-state index contributed by atoms with van der Waals surface area (Å²) >= 11 is 8.08. The van der Waals surface area contributed by atoms with Crippen molar-refractivity contribution in [2.75, 3.05) is 56.1 Å². The van der Waals surface area contributed by atoms with E-state index in [1.807, 2.05) is 23.9 Å². The fourth-order valence-electron chi connectivity index (χ4n) is 3.94. The van der Waals surface area contributed by atoms with Crippen molar-refractivity contribution in [3.05, 3.63) is 64.0 Å². The van der Waals surface area contributed by atoms with Crippen molar-refractivity contribution in [1.82, 2.24) is 4.90 Å². The van der Waals surface area contributed by atoms with Gasteiger partial charge in [0.1, 0.15) is 0 Å². The Bertz CT molecular complexity index is 828. The Morgan fingerprint density at radius 1 is 0.964 bits per heavy atom. The topological polar surface area (TPSA) is 9.72 Å². The van der Waals surface area contributed by atoms with Gasteiger partial charge in [0.15, 0.2) is 0 Å². The maximum Gasteiger partial charge on any atom is 0.0489 e. The maximum atomic E-state index is 6.07. The smallest absolute Gasteiger partial charge is 0.0489 e. The minimum absolute atomic E-state index is 0.562. The number of piperazine rings is 1. The molecule has 1 unspecified atom stereocenters. The molecule has 1 atom stereocenters. The van der Waals surface area contributed by atoms with Gasteiger partial charge < -0.3 is 14.7 Å². The zero-order valence-corrected chi connectivity index (χ0v) is 18.2. The predicted molar refractivity (Wildman–Crippen MR) is 125 cm³/mol. The van der Waals surface area contributed by atoms with Crippen molar-refractivity contribution < 1.29 is 0 Å². The SMILES string of the molecule is CC1CN(c2ccc(Cl)cc2)CC(=Cc2ccccc2N2CCN(C)CC2)S1. The first-order valence-corrected chi connectivity index (χ1v) is 11.2. The van der Waals surface area contributed by atoms with Gasteiger partial charge in [-0.05, 0) is 49.0 Å². The number of rotatable bonds is 3. The van der Waals surface area contributed by atoms with Gasteiger partial charge in [-0.25, -0.2) is 0 Å². The fraction of sp³-hybridized carbons (Fsp3) is 0.391. The summed E-state index contributed by atoms with van der Waals surface area (Å²) in [6.07, 6.45) is 2.40. The van der Waals surface area contributed by atoms with Crippen molar-refractivity contribution >= 4 is 40.8 Å². The summed E-state index contributed by atoms with van der Waals surface area (Å²) in [6, 6.07) is 17.1. The van der Waals surface area contributed by atoms with E-state index in [1.165, 1.54) is 21.8 Å². The molecule has 3 nitrogen and oxygen atoms in total. The zero-order valence-electron chi connectivity index (χ0n) is 16.6. The normalized spacial score (nSPS) is 22.7. The van der Waals surface area contributed by atoms with Crippen LogP contribution in [0.25, 0.3) is 6.08 Å². The molecule has 2 saturated heterocycles. The summed E-state index contributed by atoms with van der Waals surface area (Å²) in [7, 11) is 2.20. The Kier molecular flexibility index (Phi) is 6.19. The first kappa shape index (κ1) is 19.7. The monoisotopic (exact) mass is 413 g/mol. The second kappa shape index (κ2) is 8.81. The first-order valence-electron chi connectivity index (χ1n) is 9.99. The summed E-state index contributed by atoms with van der Waals surface area (Å²) in [5.74, 6) is 0. The number of hydrogen-bond acceptors (Lipinski definition) is 4. The van der Waals surface area contributed by atoms with Crippen molar-refractivity contribution in [1.29, 1.82) is 0 Å². The molecule has 0 amide bonds. The molecular weight excluding hydrogens is 386 g/mol. The lowest BCUT2D eigenvalue weighted by atomic mass is 10.1. The molecule has 4 rings (SSSR count). The van der Waals surface area contributed by atoms with Gasteiger partial charge in [-0.3, -0.25) is 0 Å². The average Bonchev–Trinajstić information content (AvgIpc) is 2.69. The van der Waals surface area contributed by atoms with Gasteiger partial charge in [0.05, 0.1) is 0 Å². The van der Waals surface area contributed by atoms with Crippen LogP contribution >= 0.6 is 23.4 Å². The maximum absolute atomic E-state index is 6.07. The minimum atomic E-state index is 0.562. The van der Waals surface area contributed by atoms with Gasteiger partial charge in [-0.1, -0.05) is 36.7 Å². The number of halogens is 1. The lowest BCUT2D eigenvalue weighted by Gasteiger charge is -2.36. The molecule has 0 radical (unpaired) electrons. The van der Waals surface area contributed by atoms with Crippen LogP contribution in [0.1, 0.15) is 12.5 Å². The van der Waals surface area contributed by atoms with Crippen molar-refractivity contribution in [3.8, 4) is 0 Å². The van der Waals surface area contributed by atoms with Crippen LogP contribution in [0.4, 0.5) is 11.4 Å². The summed E-state index contributed by atoms with van der Waals surface area (Å²) in [5.41, 5.74) is 3.94. The molecule has 2 aromatic rings. The van der Waals surface area contributed by atoms with Crippen LogP contribution in [0, 0.1) is 0 Å². The van der Waals surface area contributed by atoms with Crippen molar-refractivity contribution in [2.45, 2.75) is 12.2 Å². The average molecular weight is 414 g/mol. The van der Waals surface area contributed by atoms with Crippen LogP contribution < -0.4 is 9.80 Å². The van der Waals surface area contributed by atoms with Crippen LogP contribution in [0.2, 0.25) is 5.02 Å². The van der Waals surface area contributed by atoms with Gasteiger partial charge in [0, 0.05) is 65.8 Å². The van der Waals surface area contributed by atoms with E-state index in [9.17, 15) is 0 Å². The Balaban J connectivity index is 1.57. The van der Waals surface area contributed by atoms with Gasteiger partial charge in [-0.15, -0.1) is 11.8 Å². The van der Waals surface area contributed by atoms with Gasteiger partial charge in [0.25, 0.3) is 0 Å². The molecule has 0 bridgehead atoms. The summed E-state index contributed by atoms with van der Waals surface area (Å²) in [5, 5.41) is 1.35. The molecule has 0 spiro atoms. The van der Waals surface area contributed by atoms with Gasteiger partial charge in [-0.2, -0.15) is 0 Å². The molecule has 148 valence electrons. The lowest BCUT2D eigenvalue weighted by Crippen LogP contribution is -2.44. The number of thioether (sulfide) groups is 1. The molecule has 5 heteroatoms. The number of likely N-dealkylation sites (N-methyl/N-ethyl adjacent to an activating group) is 1. The molecule has 2 aliphatic heterocycles. The van der Waals surface area contributed by atoms with Gasteiger partial charge >= 0.3 is 0 Å². The second-order valence-electron chi connectivity index (χ2n) is 7.75. The number of hydrogen-bond donors (Lipinski definition) is 0. The Morgan fingerprint density at radius 3 is 2.43 bits per heavy atom. The van der Waals surface area contributed by atoms with Crippen molar-refractivity contribution in [3.63, 3.8) is 0 Å². The lowest BCUT2D eigenvalue weighted by molar-refractivity contribution is 0.313. The van der Waals surface area contributed by atoms with Gasteiger partial charge in [0.2, 0.25) is 0 Å². The third kappa shape index (κ3) is 4.68. The van der Waals surface area contributed by atoms with E-state index in [4.69, 9.17) is 11.6 Å². The van der Waals surface area contributed by atoms with E-state index in [0.717, 1.165) is 44.3 Å². The third-order valence-electron chi connectivity index (χ3n) is 5.47. The molecule has 2 aromatic carbocycles. The highest BCUT2D eigenvalue weighted by atomic mass is 35.5. The standard InChI is InChI=1S/C23H28ClN3S/c1-18-16-27(21-9-7-20(24)8-10-21)17-22(28-18)15-19-5-3-4-6-23(19)26-13-11-25(2)12-14-26/h3-10,15,18H,11-14,16-17H2,1-2H3. The molecule has 2 aliphatic rings. The molecule has 0 N–H and O–H groups in total. The van der Waals surface area contributed by atoms with E-state index < -0.39 is 0 Å². The van der Waals surface area contributed by atoms with Crippen molar-refractivity contribution in [2.24, 2.45) is 0 Å². The molecule has 2 fully saturated rings. The highest BCUT2D eigenvalue weighted by molar-refractivity contribution is 8.03. The Morgan fingerprint density at radius 2 is 1.68 bits per heavy atom. The van der Waals surface area contributed by atoms with E-state index in [2.05, 4.69) is 71.1 Å². The number of anilines is 2. The highest BCUT2D eigenvalue weighted by Gasteiger charge is 2.22. The summed E-state index contributed by atoms with van der Waals surface area (Å²) in [4.78, 5) is 8.82. The Hall–Kier alpha value is -1.62. The minimum Gasteiger partial charge on any atom is -0.368 e. The van der Waals surface area contributed by atoms with E-state index in [-0.39, 0.29) is 0 Å². The molecule has 0 saturated carbocycles. The molecule has 28 heavy (non-hydrogen) atoms. The molecule has 0 aromatic heterocycles. The quantitative estimate of drug-likeness (QED) is 0.694. The predicted octanol–water partition coefficient (Wildman–Crippen LogP) is 5.07. The summed E-state index contributed by atoms with van der Waals surface area (Å²) in [6.45, 7) is 8.76.